The van der Waals surface area contributed by atoms with E-state index in [9.17, 15) is 12.8 Å². The standard InChI is InChI=1S/C12H18FN3O2S.HI/c1-14-12(15-2)16-7-10-6-11(13)5-4-9(10)8-19(3,17)18;/h4-6H,7-8H2,1-3H3,(H2,14,15,16);1H. The molecule has 0 saturated carbocycles. The van der Waals surface area contributed by atoms with Crippen LogP contribution in [0.3, 0.4) is 0 Å². The summed E-state index contributed by atoms with van der Waals surface area (Å²) in [4.78, 5) is 3.93. The van der Waals surface area contributed by atoms with E-state index in [1.54, 1.807) is 14.1 Å². The second-order valence-corrected chi connectivity index (χ2v) is 6.30. The highest BCUT2D eigenvalue weighted by Gasteiger charge is 2.10. The highest BCUT2D eigenvalue weighted by atomic mass is 127. The van der Waals surface area contributed by atoms with Gasteiger partial charge in [0, 0.05) is 26.9 Å². The first-order valence-corrected chi connectivity index (χ1v) is 7.75. The first kappa shape index (κ1) is 19.1. The molecule has 1 rings (SSSR count). The smallest absolute Gasteiger partial charge is 0.190 e. The van der Waals surface area contributed by atoms with Crippen LogP contribution in [0.1, 0.15) is 11.1 Å². The summed E-state index contributed by atoms with van der Waals surface area (Å²) in [6, 6.07) is 4.09. The van der Waals surface area contributed by atoms with Gasteiger partial charge in [-0.15, -0.1) is 24.0 Å². The van der Waals surface area contributed by atoms with Gasteiger partial charge >= 0.3 is 0 Å². The molecule has 0 amide bonds. The van der Waals surface area contributed by atoms with E-state index in [0.29, 0.717) is 23.6 Å². The molecule has 0 fully saturated rings. The maximum absolute atomic E-state index is 13.2. The van der Waals surface area contributed by atoms with Gasteiger partial charge in [-0.3, -0.25) is 4.99 Å². The largest absolute Gasteiger partial charge is 0.359 e. The summed E-state index contributed by atoms with van der Waals surface area (Å²) in [6.07, 6.45) is 1.15. The minimum Gasteiger partial charge on any atom is -0.359 e. The maximum Gasteiger partial charge on any atom is 0.190 e. The molecule has 0 aliphatic carbocycles. The summed E-state index contributed by atoms with van der Waals surface area (Å²) in [7, 11) is 0.161. The number of hydrogen-bond donors (Lipinski definition) is 2. The van der Waals surface area contributed by atoms with E-state index in [1.807, 2.05) is 0 Å². The molecule has 20 heavy (non-hydrogen) atoms. The average molecular weight is 415 g/mol. The quantitative estimate of drug-likeness (QED) is 0.442. The van der Waals surface area contributed by atoms with E-state index in [1.165, 1.54) is 18.2 Å². The van der Waals surface area contributed by atoms with Gasteiger partial charge in [0.25, 0.3) is 0 Å². The third-order valence-electron chi connectivity index (χ3n) is 2.49. The number of aliphatic imine (C=N–C) groups is 1. The number of halogens is 2. The Morgan fingerprint density at radius 3 is 2.50 bits per heavy atom. The predicted molar refractivity (Wildman–Crippen MR) is 89.6 cm³/mol. The molecule has 0 aliphatic heterocycles. The summed E-state index contributed by atoms with van der Waals surface area (Å²) < 4.78 is 35.9. The van der Waals surface area contributed by atoms with E-state index in [2.05, 4.69) is 15.6 Å². The Kier molecular flexibility index (Phi) is 8.02. The van der Waals surface area contributed by atoms with E-state index in [4.69, 9.17) is 0 Å². The Labute approximate surface area is 136 Å². The van der Waals surface area contributed by atoms with Gasteiger partial charge < -0.3 is 10.6 Å². The molecule has 8 heteroatoms. The normalized spacial score (nSPS) is 11.7. The molecule has 0 bridgehead atoms. The van der Waals surface area contributed by atoms with E-state index in [0.717, 1.165) is 6.26 Å². The van der Waals surface area contributed by atoms with Crippen molar-refractivity contribution in [1.29, 1.82) is 0 Å². The third kappa shape index (κ3) is 6.51. The lowest BCUT2D eigenvalue weighted by Crippen LogP contribution is -2.34. The van der Waals surface area contributed by atoms with Crippen molar-refractivity contribution in [2.75, 3.05) is 20.4 Å². The van der Waals surface area contributed by atoms with Crippen LogP contribution >= 0.6 is 24.0 Å². The van der Waals surface area contributed by atoms with Crippen molar-refractivity contribution in [3.8, 4) is 0 Å². The number of rotatable bonds is 4. The summed E-state index contributed by atoms with van der Waals surface area (Å²) in [5.41, 5.74) is 1.18. The van der Waals surface area contributed by atoms with E-state index >= 15 is 0 Å². The molecule has 0 unspecified atom stereocenters. The minimum absolute atomic E-state index is 0. The monoisotopic (exact) mass is 415 g/mol. The zero-order chi connectivity index (χ0) is 14.5. The zero-order valence-electron chi connectivity index (χ0n) is 11.6. The first-order valence-electron chi connectivity index (χ1n) is 5.69. The molecular weight excluding hydrogens is 396 g/mol. The van der Waals surface area contributed by atoms with Gasteiger partial charge in [0.2, 0.25) is 0 Å². The van der Waals surface area contributed by atoms with Crippen molar-refractivity contribution in [3.05, 3.63) is 35.1 Å². The number of benzene rings is 1. The SMILES string of the molecule is CN=C(NC)NCc1cc(F)ccc1CS(C)(=O)=O.I. The minimum atomic E-state index is -3.16. The van der Waals surface area contributed by atoms with Crippen LogP contribution in [0.15, 0.2) is 23.2 Å². The summed E-state index contributed by atoms with van der Waals surface area (Å²) in [5, 5.41) is 5.80. The number of nitrogens with one attached hydrogen (secondary N) is 2. The molecule has 5 nitrogen and oxygen atoms in total. The molecule has 0 aromatic heterocycles. The van der Waals surface area contributed by atoms with Crippen molar-refractivity contribution >= 4 is 39.8 Å². The van der Waals surface area contributed by atoms with Crippen molar-refractivity contribution < 1.29 is 12.8 Å². The molecular formula is C12H19FIN3O2S. The molecule has 1 aromatic carbocycles. The van der Waals surface area contributed by atoms with Crippen molar-refractivity contribution in [3.63, 3.8) is 0 Å². The molecule has 1 aromatic rings. The van der Waals surface area contributed by atoms with Gasteiger partial charge in [-0.25, -0.2) is 12.8 Å². The van der Waals surface area contributed by atoms with Crippen LogP contribution in [-0.4, -0.2) is 34.7 Å². The van der Waals surface area contributed by atoms with Crippen LogP contribution < -0.4 is 10.6 Å². The van der Waals surface area contributed by atoms with Gasteiger partial charge in [0.1, 0.15) is 5.82 Å². The molecule has 0 spiro atoms. The van der Waals surface area contributed by atoms with Gasteiger partial charge in [0.05, 0.1) is 5.75 Å². The number of hydrogen-bond acceptors (Lipinski definition) is 3. The number of sulfone groups is 1. The van der Waals surface area contributed by atoms with E-state index < -0.39 is 15.7 Å². The molecule has 0 atom stereocenters. The van der Waals surface area contributed by atoms with Crippen molar-refractivity contribution in [2.24, 2.45) is 4.99 Å². The fraction of sp³-hybridized carbons (Fsp3) is 0.417. The van der Waals surface area contributed by atoms with E-state index in [-0.39, 0.29) is 29.7 Å². The van der Waals surface area contributed by atoms with Crippen molar-refractivity contribution in [1.82, 2.24) is 10.6 Å². The second-order valence-electron chi connectivity index (χ2n) is 4.16. The number of nitrogens with zero attached hydrogens (tertiary/aromatic N) is 1. The Balaban J connectivity index is 0.00000361. The van der Waals surface area contributed by atoms with Crippen molar-refractivity contribution in [2.45, 2.75) is 12.3 Å². The molecule has 114 valence electrons. The second kappa shape index (κ2) is 8.40. The van der Waals surface area contributed by atoms with Gasteiger partial charge in [-0.2, -0.15) is 0 Å². The Morgan fingerprint density at radius 2 is 2.00 bits per heavy atom. The Bertz CT molecular complexity index is 576. The van der Waals surface area contributed by atoms with Crippen LogP contribution in [0, 0.1) is 5.82 Å². The molecule has 0 aliphatic rings. The summed E-state index contributed by atoms with van der Waals surface area (Å²) in [5.74, 6) is 0.0469. The van der Waals surface area contributed by atoms with Crippen LogP contribution in [0.4, 0.5) is 4.39 Å². The lowest BCUT2D eigenvalue weighted by molar-refractivity contribution is 0.599. The third-order valence-corrected chi connectivity index (χ3v) is 3.33. The maximum atomic E-state index is 13.2. The lowest BCUT2D eigenvalue weighted by atomic mass is 10.1. The zero-order valence-corrected chi connectivity index (χ0v) is 14.8. The lowest BCUT2D eigenvalue weighted by Gasteiger charge is -2.12. The van der Waals surface area contributed by atoms with Crippen LogP contribution in [0.2, 0.25) is 0 Å². The van der Waals surface area contributed by atoms with Gasteiger partial charge in [0.15, 0.2) is 15.8 Å². The molecule has 0 saturated heterocycles. The van der Waals surface area contributed by atoms with Crippen LogP contribution in [0.25, 0.3) is 0 Å². The molecule has 0 radical (unpaired) electrons. The highest BCUT2D eigenvalue weighted by molar-refractivity contribution is 14.0. The van der Waals surface area contributed by atoms with Gasteiger partial charge in [-0.05, 0) is 23.3 Å². The Morgan fingerprint density at radius 1 is 1.35 bits per heavy atom. The van der Waals surface area contributed by atoms with Gasteiger partial charge in [-0.1, -0.05) is 6.07 Å². The first-order chi connectivity index (χ1) is 8.85. The fourth-order valence-corrected chi connectivity index (χ4v) is 2.49. The number of guanidine groups is 1. The van der Waals surface area contributed by atoms with Crippen LogP contribution in [0.5, 0.6) is 0 Å². The molecule has 2 N–H and O–H groups in total. The fourth-order valence-electron chi connectivity index (χ4n) is 1.64. The molecule has 0 heterocycles. The summed E-state index contributed by atoms with van der Waals surface area (Å²) >= 11 is 0. The highest BCUT2D eigenvalue weighted by Crippen LogP contribution is 2.14. The summed E-state index contributed by atoms with van der Waals surface area (Å²) in [6.45, 7) is 0.302. The predicted octanol–water partition coefficient (Wildman–Crippen LogP) is 1.28. The van der Waals surface area contributed by atoms with Crippen LogP contribution in [-0.2, 0) is 22.1 Å². The average Bonchev–Trinajstić information content (AvgIpc) is 2.32. The Hall–Kier alpha value is -0.900. The topological polar surface area (TPSA) is 70.6 Å².